The van der Waals surface area contributed by atoms with E-state index in [2.05, 4.69) is 10.3 Å². The van der Waals surface area contributed by atoms with Crippen LogP contribution < -0.4 is 15.2 Å². The van der Waals surface area contributed by atoms with Gasteiger partial charge in [-0.3, -0.25) is 4.79 Å². The van der Waals surface area contributed by atoms with E-state index >= 15 is 0 Å². The monoisotopic (exact) mass is 415 g/mol. The number of methoxy groups -OCH3 is 1. The van der Waals surface area contributed by atoms with E-state index in [9.17, 15) is 13.2 Å². The minimum Gasteiger partial charge on any atom is -0.495 e. The summed E-state index contributed by atoms with van der Waals surface area (Å²) in [4.78, 5) is 17.8. The first-order valence-electron chi connectivity index (χ1n) is 8.08. The molecule has 9 heteroatoms. The van der Waals surface area contributed by atoms with E-state index in [1.54, 1.807) is 18.3 Å². The molecule has 0 bridgehead atoms. The molecular weight excluding hydrogens is 398 g/mol. The number of amides is 1. The molecule has 3 N–H and O–H groups in total. The zero-order valence-corrected chi connectivity index (χ0v) is 16.5. The van der Waals surface area contributed by atoms with Gasteiger partial charge in [0, 0.05) is 16.8 Å². The maximum atomic E-state index is 12.8. The number of primary sulfonamides is 1. The Balaban J connectivity index is 1.88. The molecule has 0 aliphatic heterocycles. The molecule has 7 nitrogen and oxygen atoms in total. The van der Waals surface area contributed by atoms with Crippen LogP contribution in [0.15, 0.2) is 81.7 Å². The van der Waals surface area contributed by atoms with Crippen molar-refractivity contribution in [3.05, 3.63) is 72.4 Å². The lowest BCUT2D eigenvalue weighted by Gasteiger charge is -2.12. The van der Waals surface area contributed by atoms with Crippen LogP contribution in [0.25, 0.3) is 0 Å². The summed E-state index contributed by atoms with van der Waals surface area (Å²) in [5.41, 5.74) is 0.638. The number of ether oxygens (including phenoxy) is 1. The van der Waals surface area contributed by atoms with Gasteiger partial charge in [-0.15, -0.1) is 0 Å². The molecule has 144 valence electrons. The summed E-state index contributed by atoms with van der Waals surface area (Å²) in [6, 6.07) is 17.1. The first-order chi connectivity index (χ1) is 13.4. The Morgan fingerprint density at radius 2 is 1.86 bits per heavy atom. The highest BCUT2D eigenvalue weighted by Gasteiger charge is 2.18. The van der Waals surface area contributed by atoms with Gasteiger partial charge in [-0.2, -0.15) is 0 Å². The highest BCUT2D eigenvalue weighted by atomic mass is 32.2. The molecule has 2 aromatic carbocycles. The van der Waals surface area contributed by atoms with Gasteiger partial charge in [0.2, 0.25) is 10.0 Å². The number of hydrogen-bond acceptors (Lipinski definition) is 6. The average Bonchev–Trinajstić information content (AvgIpc) is 2.68. The van der Waals surface area contributed by atoms with Crippen molar-refractivity contribution in [2.24, 2.45) is 5.14 Å². The summed E-state index contributed by atoms with van der Waals surface area (Å²) >= 11 is 1.36. The van der Waals surface area contributed by atoms with Crippen LogP contribution in [0.5, 0.6) is 5.75 Å². The fraction of sp³-hybridized carbons (Fsp3) is 0.0526. The van der Waals surface area contributed by atoms with Gasteiger partial charge in [0.05, 0.1) is 12.7 Å². The van der Waals surface area contributed by atoms with Crippen molar-refractivity contribution in [2.45, 2.75) is 14.8 Å². The second kappa shape index (κ2) is 8.42. The number of sulfonamides is 1. The summed E-state index contributed by atoms with van der Waals surface area (Å²) < 4.78 is 28.5. The molecular formula is C19H17N3O4S2. The number of nitrogens with two attached hydrogens (primary N) is 1. The van der Waals surface area contributed by atoms with Crippen LogP contribution in [0, 0.1) is 0 Å². The molecule has 0 saturated heterocycles. The van der Waals surface area contributed by atoms with E-state index < -0.39 is 15.9 Å². The van der Waals surface area contributed by atoms with Gasteiger partial charge < -0.3 is 10.1 Å². The van der Waals surface area contributed by atoms with E-state index in [1.807, 2.05) is 30.3 Å². The fourth-order valence-corrected chi connectivity index (χ4v) is 4.04. The molecule has 28 heavy (non-hydrogen) atoms. The van der Waals surface area contributed by atoms with Gasteiger partial charge in [0.1, 0.15) is 15.7 Å². The Morgan fingerprint density at radius 1 is 1.11 bits per heavy atom. The van der Waals surface area contributed by atoms with Crippen LogP contribution in [0.3, 0.4) is 0 Å². The van der Waals surface area contributed by atoms with Crippen LogP contribution in [0.1, 0.15) is 10.4 Å². The van der Waals surface area contributed by atoms with E-state index in [4.69, 9.17) is 9.88 Å². The first-order valence-corrected chi connectivity index (χ1v) is 10.4. The fourth-order valence-electron chi connectivity index (χ4n) is 2.42. The van der Waals surface area contributed by atoms with Gasteiger partial charge in [0.25, 0.3) is 5.91 Å². The predicted molar refractivity (Wildman–Crippen MR) is 107 cm³/mol. The number of carbonyl (C=O) groups excluding carboxylic acids is 1. The third-order valence-corrected chi connectivity index (χ3v) is 5.66. The number of anilines is 1. The molecule has 3 rings (SSSR count). The van der Waals surface area contributed by atoms with Crippen molar-refractivity contribution in [3.63, 3.8) is 0 Å². The lowest BCUT2D eigenvalue weighted by atomic mass is 10.2. The van der Waals surface area contributed by atoms with E-state index in [0.29, 0.717) is 10.6 Å². The number of benzene rings is 2. The minimum atomic E-state index is -4.01. The van der Waals surface area contributed by atoms with Crippen LogP contribution in [-0.2, 0) is 10.0 Å². The molecule has 0 atom stereocenters. The minimum absolute atomic E-state index is 0.0993. The lowest BCUT2D eigenvalue weighted by molar-refractivity contribution is 0.102. The zero-order chi connectivity index (χ0) is 20.1. The molecule has 0 fully saturated rings. The van der Waals surface area contributed by atoms with Crippen molar-refractivity contribution in [1.29, 1.82) is 0 Å². The highest BCUT2D eigenvalue weighted by molar-refractivity contribution is 7.99. The molecule has 0 aliphatic rings. The van der Waals surface area contributed by atoms with Gasteiger partial charge >= 0.3 is 0 Å². The topological polar surface area (TPSA) is 111 Å². The summed E-state index contributed by atoms with van der Waals surface area (Å²) in [7, 11) is -2.67. The predicted octanol–water partition coefficient (Wildman–Crippen LogP) is 3.14. The van der Waals surface area contributed by atoms with Gasteiger partial charge in [0.15, 0.2) is 0 Å². The number of hydrogen-bond donors (Lipinski definition) is 2. The van der Waals surface area contributed by atoms with Gasteiger partial charge in [-0.1, -0.05) is 30.0 Å². The van der Waals surface area contributed by atoms with Crippen molar-refractivity contribution in [2.75, 3.05) is 12.4 Å². The molecule has 0 unspecified atom stereocenters. The third-order valence-electron chi connectivity index (χ3n) is 3.70. The van der Waals surface area contributed by atoms with E-state index in [-0.39, 0.29) is 16.3 Å². The Hall–Kier alpha value is -2.88. The Labute approximate surface area is 167 Å². The molecule has 1 heterocycles. The summed E-state index contributed by atoms with van der Waals surface area (Å²) in [5.74, 6) is -0.320. The van der Waals surface area contributed by atoms with Crippen molar-refractivity contribution in [3.8, 4) is 5.75 Å². The van der Waals surface area contributed by atoms with E-state index in [0.717, 1.165) is 4.90 Å². The largest absolute Gasteiger partial charge is 0.495 e. The molecule has 1 amide bonds. The zero-order valence-electron chi connectivity index (χ0n) is 14.8. The van der Waals surface area contributed by atoms with E-state index in [1.165, 1.54) is 37.1 Å². The maximum Gasteiger partial charge on any atom is 0.258 e. The standard InChI is InChI=1S/C19H17N3O4S2/c1-26-16-10-9-13(12-17(16)28(20,24)25)22-18(23)15-8-5-11-21-19(15)27-14-6-3-2-4-7-14/h2-12H,1H3,(H,22,23)(H2,20,24,25). The highest BCUT2D eigenvalue weighted by Crippen LogP contribution is 2.30. The van der Waals surface area contributed by atoms with Crippen molar-refractivity contribution < 1.29 is 17.9 Å². The number of nitrogens with zero attached hydrogens (tertiary/aromatic N) is 1. The second-order valence-electron chi connectivity index (χ2n) is 5.64. The van der Waals surface area contributed by atoms with Crippen LogP contribution in [0.4, 0.5) is 5.69 Å². The van der Waals surface area contributed by atoms with Crippen molar-refractivity contribution in [1.82, 2.24) is 4.98 Å². The van der Waals surface area contributed by atoms with Crippen LogP contribution in [-0.4, -0.2) is 26.4 Å². The van der Waals surface area contributed by atoms with Crippen molar-refractivity contribution >= 4 is 33.4 Å². The number of carbonyl (C=O) groups is 1. The third kappa shape index (κ3) is 4.69. The molecule has 0 aliphatic carbocycles. The summed E-state index contributed by atoms with van der Waals surface area (Å²) in [6.45, 7) is 0. The molecule has 0 radical (unpaired) electrons. The quantitative estimate of drug-likeness (QED) is 0.640. The Kier molecular flexibility index (Phi) is 5.98. The number of pyridine rings is 1. The maximum absolute atomic E-state index is 12.8. The SMILES string of the molecule is COc1ccc(NC(=O)c2cccnc2Sc2ccccc2)cc1S(N)(=O)=O. The average molecular weight is 415 g/mol. The molecule has 1 aromatic heterocycles. The normalized spacial score (nSPS) is 11.1. The molecule has 3 aromatic rings. The second-order valence-corrected chi connectivity index (χ2v) is 8.23. The van der Waals surface area contributed by atoms with Gasteiger partial charge in [-0.25, -0.2) is 18.5 Å². The van der Waals surface area contributed by atoms with Gasteiger partial charge in [-0.05, 0) is 42.5 Å². The molecule has 0 saturated carbocycles. The van der Waals surface area contributed by atoms with Crippen LogP contribution >= 0.6 is 11.8 Å². The Bertz CT molecular complexity index is 1100. The smallest absolute Gasteiger partial charge is 0.258 e. The number of aromatic nitrogens is 1. The Morgan fingerprint density at radius 3 is 2.54 bits per heavy atom. The van der Waals surface area contributed by atoms with Crippen LogP contribution in [0.2, 0.25) is 0 Å². The number of nitrogens with one attached hydrogen (secondary N) is 1. The number of rotatable bonds is 6. The first kappa shape index (κ1) is 19.9. The summed E-state index contributed by atoms with van der Waals surface area (Å²) in [6.07, 6.45) is 1.61. The summed E-state index contributed by atoms with van der Waals surface area (Å²) in [5, 5.41) is 8.43. The lowest BCUT2D eigenvalue weighted by Crippen LogP contribution is -2.16. The molecule has 0 spiro atoms.